The Kier molecular flexibility index (Phi) is 6.22. The highest BCUT2D eigenvalue weighted by Crippen LogP contribution is 2.34. The number of nitrogens with zero attached hydrogens (tertiary/aromatic N) is 5. The Morgan fingerprint density at radius 2 is 2.03 bits per heavy atom. The molecule has 3 aromatic heterocycles. The van der Waals surface area contributed by atoms with Crippen molar-refractivity contribution in [1.29, 1.82) is 0 Å². The van der Waals surface area contributed by atoms with Gasteiger partial charge in [0.2, 0.25) is 0 Å². The highest BCUT2D eigenvalue weighted by atomic mass is 32.2. The highest BCUT2D eigenvalue weighted by molar-refractivity contribution is 7.96. The lowest BCUT2D eigenvalue weighted by Gasteiger charge is -2.31. The number of nitrogens with one attached hydrogen (secondary N) is 1. The van der Waals surface area contributed by atoms with Crippen molar-refractivity contribution in [3.63, 3.8) is 0 Å². The van der Waals surface area contributed by atoms with E-state index in [9.17, 15) is 5.11 Å². The number of aliphatic hydroxyl groups is 1. The van der Waals surface area contributed by atoms with Crippen molar-refractivity contribution in [2.75, 3.05) is 24.7 Å². The Labute approximate surface area is 204 Å². The van der Waals surface area contributed by atoms with Gasteiger partial charge in [-0.15, -0.1) is 0 Å². The minimum atomic E-state index is -0.829. The lowest BCUT2D eigenvalue weighted by molar-refractivity contribution is 0.0591. The molecule has 0 aliphatic carbocycles. The van der Waals surface area contributed by atoms with Gasteiger partial charge in [-0.1, -0.05) is 18.0 Å². The summed E-state index contributed by atoms with van der Waals surface area (Å²) in [6, 6.07) is 8.74. The fourth-order valence-corrected chi connectivity index (χ4v) is 5.48. The zero-order valence-electron chi connectivity index (χ0n) is 20.2. The third-order valence-electron chi connectivity index (χ3n) is 6.53. The summed E-state index contributed by atoms with van der Waals surface area (Å²) in [5.41, 5.74) is 3.36. The van der Waals surface area contributed by atoms with Crippen molar-refractivity contribution in [3.8, 4) is 11.3 Å². The molecule has 5 rings (SSSR count). The number of aryl methyl sites for hydroxylation is 1. The van der Waals surface area contributed by atoms with E-state index in [1.165, 1.54) is 6.42 Å². The molecule has 1 aliphatic heterocycles. The summed E-state index contributed by atoms with van der Waals surface area (Å²) in [5, 5.41) is 21.7. The molecule has 1 fully saturated rings. The topological polar surface area (TPSA) is 79.1 Å². The molecule has 178 valence electrons. The fourth-order valence-electron chi connectivity index (χ4n) is 4.84. The van der Waals surface area contributed by atoms with Gasteiger partial charge < -0.3 is 10.4 Å². The Morgan fingerprint density at radius 3 is 2.82 bits per heavy atom. The average molecular weight is 477 g/mol. The molecule has 0 radical (unpaired) electrons. The van der Waals surface area contributed by atoms with E-state index in [0.29, 0.717) is 12.6 Å². The SMILES string of the molecule is CSN1CCCC(Nc2cc3c(-c4ccc5c(cnn5CC(C)(C)O)c4C)nccc3cn2)C1. The quantitative estimate of drug-likeness (QED) is 0.384. The standard InChI is InChI=1S/C26H32N6OS/c1-17-20(7-8-23-22(17)14-29-32(23)16-26(2,3)33)25-21-12-24(28-13-18(21)9-10-27-25)30-19-6-5-11-31(15-19)34-4/h7-10,12-14,19,33H,5-6,11,15-16H2,1-4H3,(H,28,30). The number of fused-ring (bicyclic) bond motifs is 2. The Hall–Kier alpha value is -2.68. The molecule has 1 aliphatic rings. The van der Waals surface area contributed by atoms with Gasteiger partial charge in [-0.3, -0.25) is 9.67 Å². The zero-order chi connectivity index (χ0) is 23.9. The second-order valence-electron chi connectivity index (χ2n) is 9.79. The van der Waals surface area contributed by atoms with Crippen LogP contribution in [0, 0.1) is 6.92 Å². The highest BCUT2D eigenvalue weighted by Gasteiger charge is 2.21. The van der Waals surface area contributed by atoms with Crippen molar-refractivity contribution >= 4 is 39.4 Å². The van der Waals surface area contributed by atoms with Crippen LogP contribution in [0.5, 0.6) is 0 Å². The molecule has 0 amide bonds. The van der Waals surface area contributed by atoms with E-state index in [0.717, 1.165) is 63.8 Å². The molecule has 0 bridgehead atoms. The number of anilines is 1. The van der Waals surface area contributed by atoms with Crippen LogP contribution in [0.2, 0.25) is 0 Å². The molecule has 2 N–H and O–H groups in total. The maximum atomic E-state index is 10.3. The van der Waals surface area contributed by atoms with Gasteiger partial charge in [0.25, 0.3) is 0 Å². The zero-order valence-corrected chi connectivity index (χ0v) is 21.1. The van der Waals surface area contributed by atoms with E-state index in [4.69, 9.17) is 9.97 Å². The van der Waals surface area contributed by atoms with Crippen LogP contribution in [0.15, 0.2) is 42.9 Å². The number of piperidine rings is 1. The van der Waals surface area contributed by atoms with Gasteiger partial charge in [0.1, 0.15) is 5.82 Å². The number of aromatic nitrogens is 4. The summed E-state index contributed by atoms with van der Waals surface area (Å²) >= 11 is 1.81. The average Bonchev–Trinajstić information content (AvgIpc) is 3.21. The first-order valence-corrected chi connectivity index (χ1v) is 13.0. The molecule has 4 heterocycles. The first-order chi connectivity index (χ1) is 16.3. The van der Waals surface area contributed by atoms with Crippen molar-refractivity contribution in [2.24, 2.45) is 0 Å². The minimum absolute atomic E-state index is 0.394. The molecule has 0 spiro atoms. The smallest absolute Gasteiger partial charge is 0.126 e. The first kappa shape index (κ1) is 23.1. The Balaban J connectivity index is 1.52. The summed E-state index contributed by atoms with van der Waals surface area (Å²) in [5.74, 6) is 0.895. The molecule has 34 heavy (non-hydrogen) atoms. The molecule has 7 nitrogen and oxygen atoms in total. The van der Waals surface area contributed by atoms with Gasteiger partial charge in [0.05, 0.1) is 29.6 Å². The molecule has 0 saturated carbocycles. The summed E-state index contributed by atoms with van der Waals surface area (Å²) in [7, 11) is 0. The van der Waals surface area contributed by atoms with Gasteiger partial charge in [0.15, 0.2) is 0 Å². The van der Waals surface area contributed by atoms with E-state index >= 15 is 0 Å². The van der Waals surface area contributed by atoms with Crippen LogP contribution in [0.3, 0.4) is 0 Å². The minimum Gasteiger partial charge on any atom is -0.389 e. The number of pyridine rings is 2. The molecule has 1 unspecified atom stereocenters. The molecule has 1 atom stereocenters. The lowest BCUT2D eigenvalue weighted by atomic mass is 9.98. The van der Waals surface area contributed by atoms with Crippen LogP contribution in [0.25, 0.3) is 32.9 Å². The van der Waals surface area contributed by atoms with Crippen molar-refractivity contribution in [1.82, 2.24) is 24.1 Å². The predicted octanol–water partition coefficient (Wildman–Crippen LogP) is 4.88. The van der Waals surface area contributed by atoms with Crippen LogP contribution in [0.1, 0.15) is 32.3 Å². The van der Waals surface area contributed by atoms with Crippen LogP contribution < -0.4 is 5.32 Å². The maximum Gasteiger partial charge on any atom is 0.126 e. The van der Waals surface area contributed by atoms with E-state index in [2.05, 4.69) is 46.1 Å². The van der Waals surface area contributed by atoms with Gasteiger partial charge in [-0.2, -0.15) is 5.10 Å². The summed E-state index contributed by atoms with van der Waals surface area (Å²) in [4.78, 5) is 9.49. The van der Waals surface area contributed by atoms with Gasteiger partial charge in [0, 0.05) is 53.2 Å². The number of hydrogen-bond acceptors (Lipinski definition) is 7. The van der Waals surface area contributed by atoms with E-state index in [-0.39, 0.29) is 0 Å². The Morgan fingerprint density at radius 1 is 1.18 bits per heavy atom. The molecular weight excluding hydrogens is 444 g/mol. The second-order valence-corrected chi connectivity index (χ2v) is 10.7. The van der Waals surface area contributed by atoms with Crippen molar-refractivity contribution in [3.05, 3.63) is 48.4 Å². The van der Waals surface area contributed by atoms with Crippen LogP contribution in [0.4, 0.5) is 5.82 Å². The molecule has 8 heteroatoms. The summed E-state index contributed by atoms with van der Waals surface area (Å²) in [6.45, 7) is 8.32. The maximum absolute atomic E-state index is 10.3. The second kappa shape index (κ2) is 9.17. The van der Waals surface area contributed by atoms with Crippen LogP contribution >= 0.6 is 11.9 Å². The van der Waals surface area contributed by atoms with Crippen molar-refractivity contribution in [2.45, 2.75) is 51.8 Å². The molecule has 4 aromatic rings. The predicted molar refractivity (Wildman–Crippen MR) is 141 cm³/mol. The third-order valence-corrected chi connectivity index (χ3v) is 7.38. The van der Waals surface area contributed by atoms with E-state index in [1.54, 1.807) is 13.8 Å². The Bertz CT molecular complexity index is 1330. The van der Waals surface area contributed by atoms with Gasteiger partial charge >= 0.3 is 0 Å². The number of hydrogen-bond donors (Lipinski definition) is 2. The number of benzene rings is 1. The molecule has 1 aromatic carbocycles. The summed E-state index contributed by atoms with van der Waals surface area (Å²) in [6.07, 6.45) is 10.2. The first-order valence-electron chi connectivity index (χ1n) is 11.8. The normalized spacial score (nSPS) is 17.5. The van der Waals surface area contributed by atoms with E-state index in [1.807, 2.05) is 41.3 Å². The largest absolute Gasteiger partial charge is 0.389 e. The van der Waals surface area contributed by atoms with Crippen LogP contribution in [-0.2, 0) is 6.54 Å². The van der Waals surface area contributed by atoms with Gasteiger partial charge in [-0.25, -0.2) is 9.29 Å². The molecular formula is C26H32N6OS. The third kappa shape index (κ3) is 4.62. The van der Waals surface area contributed by atoms with Gasteiger partial charge in [-0.05, 0) is 63.6 Å². The summed E-state index contributed by atoms with van der Waals surface area (Å²) < 4.78 is 4.28. The monoisotopic (exact) mass is 476 g/mol. The fraction of sp³-hybridized carbons (Fsp3) is 0.423. The number of rotatable bonds is 6. The van der Waals surface area contributed by atoms with Crippen molar-refractivity contribution < 1.29 is 5.11 Å². The van der Waals surface area contributed by atoms with E-state index < -0.39 is 5.60 Å². The lowest BCUT2D eigenvalue weighted by Crippen LogP contribution is -2.38. The molecule has 1 saturated heterocycles. The van der Waals surface area contributed by atoms with Crippen LogP contribution in [-0.4, -0.2) is 60.1 Å².